The molecule has 0 aromatic rings. The number of rotatable bonds is 3. The third-order valence-corrected chi connectivity index (χ3v) is 4.29. The molecule has 1 amide bonds. The smallest absolute Gasteiger partial charge is 0.224 e. The lowest BCUT2D eigenvalue weighted by atomic mass is 9.87. The van der Waals surface area contributed by atoms with E-state index in [9.17, 15) is 9.90 Å². The van der Waals surface area contributed by atoms with Gasteiger partial charge in [-0.15, -0.1) is 0 Å². The van der Waals surface area contributed by atoms with Crippen LogP contribution in [0.15, 0.2) is 0 Å². The highest BCUT2D eigenvalue weighted by atomic mass is 16.3. The van der Waals surface area contributed by atoms with Crippen LogP contribution in [0.2, 0.25) is 0 Å². The van der Waals surface area contributed by atoms with Gasteiger partial charge >= 0.3 is 0 Å². The van der Waals surface area contributed by atoms with Gasteiger partial charge in [0.05, 0.1) is 12.0 Å². The van der Waals surface area contributed by atoms with Crippen molar-refractivity contribution < 1.29 is 9.90 Å². The Morgan fingerprint density at radius 1 is 1.18 bits per heavy atom. The minimum absolute atomic E-state index is 0.0316. The maximum atomic E-state index is 11.9. The molecule has 0 bridgehead atoms. The molecule has 2 aliphatic rings. The Balaban J connectivity index is 1.69. The minimum atomic E-state index is -0.120. The monoisotopic (exact) mass is 240 g/mol. The van der Waals surface area contributed by atoms with Crippen LogP contribution in [0, 0.1) is 11.8 Å². The summed E-state index contributed by atoms with van der Waals surface area (Å²) in [6.07, 6.45) is 6.69. The fraction of sp³-hybridized carbons (Fsp3) is 0.923. The molecule has 0 aromatic carbocycles. The summed E-state index contributed by atoms with van der Waals surface area (Å²) in [4.78, 5) is 11.9. The van der Waals surface area contributed by atoms with Crippen LogP contribution in [-0.4, -0.2) is 29.7 Å². The highest BCUT2D eigenvalue weighted by Crippen LogP contribution is 2.25. The lowest BCUT2D eigenvalue weighted by Crippen LogP contribution is -2.41. The molecule has 2 unspecified atom stereocenters. The van der Waals surface area contributed by atoms with Crippen molar-refractivity contribution in [2.45, 2.75) is 57.1 Å². The van der Waals surface area contributed by atoms with Crippen LogP contribution in [0.5, 0.6) is 0 Å². The highest BCUT2D eigenvalue weighted by molar-refractivity contribution is 5.79. The molecule has 17 heavy (non-hydrogen) atoms. The second-order valence-electron chi connectivity index (χ2n) is 5.62. The SMILES string of the molecule is NC1CCCC1C(=O)NCC1CCC(O)CC1. The van der Waals surface area contributed by atoms with Crippen LogP contribution in [0.4, 0.5) is 0 Å². The average Bonchev–Trinajstić information content (AvgIpc) is 2.74. The van der Waals surface area contributed by atoms with Crippen molar-refractivity contribution in [3.05, 3.63) is 0 Å². The van der Waals surface area contributed by atoms with Gasteiger partial charge in [-0.25, -0.2) is 0 Å². The number of aliphatic hydroxyl groups is 1. The predicted molar refractivity (Wildman–Crippen MR) is 66.3 cm³/mol. The number of nitrogens with one attached hydrogen (secondary N) is 1. The van der Waals surface area contributed by atoms with E-state index in [1.807, 2.05) is 0 Å². The van der Waals surface area contributed by atoms with E-state index in [4.69, 9.17) is 5.73 Å². The summed E-state index contributed by atoms with van der Waals surface area (Å²) in [5.74, 6) is 0.713. The molecule has 0 aliphatic heterocycles. The van der Waals surface area contributed by atoms with Crippen molar-refractivity contribution in [1.82, 2.24) is 5.32 Å². The lowest BCUT2D eigenvalue weighted by molar-refractivity contribution is -0.125. The topological polar surface area (TPSA) is 75.4 Å². The van der Waals surface area contributed by atoms with E-state index in [2.05, 4.69) is 5.32 Å². The van der Waals surface area contributed by atoms with Crippen molar-refractivity contribution in [3.63, 3.8) is 0 Å². The molecule has 0 heterocycles. The van der Waals surface area contributed by atoms with E-state index in [0.717, 1.165) is 51.5 Å². The standard InChI is InChI=1S/C13H24N2O2/c14-12-3-1-2-11(12)13(17)15-8-9-4-6-10(16)7-5-9/h9-12,16H,1-8,14H2,(H,15,17). The Morgan fingerprint density at radius 3 is 2.47 bits per heavy atom. The second kappa shape index (κ2) is 5.83. The fourth-order valence-electron chi connectivity index (χ4n) is 3.04. The molecule has 0 spiro atoms. The van der Waals surface area contributed by atoms with Gasteiger partial charge < -0.3 is 16.2 Å². The van der Waals surface area contributed by atoms with E-state index < -0.39 is 0 Å². The first kappa shape index (κ1) is 12.8. The number of hydrogen-bond acceptors (Lipinski definition) is 3. The molecule has 2 aliphatic carbocycles. The van der Waals surface area contributed by atoms with Gasteiger partial charge in [0.1, 0.15) is 0 Å². The van der Waals surface area contributed by atoms with Gasteiger partial charge in [-0.3, -0.25) is 4.79 Å². The number of amides is 1. The van der Waals surface area contributed by atoms with Gasteiger partial charge in [-0.2, -0.15) is 0 Å². The van der Waals surface area contributed by atoms with Gasteiger partial charge in [-0.05, 0) is 44.4 Å². The number of carbonyl (C=O) groups excluding carboxylic acids is 1. The van der Waals surface area contributed by atoms with Crippen molar-refractivity contribution >= 4 is 5.91 Å². The van der Waals surface area contributed by atoms with Crippen molar-refractivity contribution in [3.8, 4) is 0 Å². The van der Waals surface area contributed by atoms with Gasteiger partial charge in [-0.1, -0.05) is 6.42 Å². The van der Waals surface area contributed by atoms with Gasteiger partial charge in [0.2, 0.25) is 5.91 Å². The Kier molecular flexibility index (Phi) is 4.40. The average molecular weight is 240 g/mol. The van der Waals surface area contributed by atoms with Crippen LogP contribution in [0.1, 0.15) is 44.9 Å². The number of hydrogen-bond donors (Lipinski definition) is 3. The van der Waals surface area contributed by atoms with E-state index >= 15 is 0 Å². The van der Waals surface area contributed by atoms with Crippen molar-refractivity contribution in [2.75, 3.05) is 6.54 Å². The maximum Gasteiger partial charge on any atom is 0.224 e. The summed E-state index contributed by atoms with van der Waals surface area (Å²) < 4.78 is 0. The quantitative estimate of drug-likeness (QED) is 0.682. The Hall–Kier alpha value is -0.610. The molecule has 2 fully saturated rings. The molecule has 98 valence electrons. The molecule has 0 saturated heterocycles. The molecule has 0 radical (unpaired) electrons. The van der Waals surface area contributed by atoms with Crippen LogP contribution < -0.4 is 11.1 Å². The minimum Gasteiger partial charge on any atom is -0.393 e. The fourth-order valence-corrected chi connectivity index (χ4v) is 3.04. The van der Waals surface area contributed by atoms with E-state index in [-0.39, 0.29) is 24.0 Å². The Bertz CT molecular complexity index is 262. The number of aliphatic hydroxyl groups excluding tert-OH is 1. The molecule has 2 saturated carbocycles. The van der Waals surface area contributed by atoms with Crippen LogP contribution >= 0.6 is 0 Å². The van der Waals surface area contributed by atoms with Crippen LogP contribution in [0.25, 0.3) is 0 Å². The molecule has 0 aromatic heterocycles. The summed E-state index contributed by atoms with van der Waals surface area (Å²) in [6.45, 7) is 0.759. The summed E-state index contributed by atoms with van der Waals surface area (Å²) in [6, 6.07) is 0.0585. The molecule has 2 atom stereocenters. The summed E-state index contributed by atoms with van der Waals surface area (Å²) in [7, 11) is 0. The molecule has 4 nitrogen and oxygen atoms in total. The van der Waals surface area contributed by atoms with Crippen molar-refractivity contribution in [2.24, 2.45) is 17.6 Å². The molecule has 2 rings (SSSR count). The zero-order valence-corrected chi connectivity index (χ0v) is 10.4. The van der Waals surface area contributed by atoms with Gasteiger partial charge in [0.15, 0.2) is 0 Å². The van der Waals surface area contributed by atoms with Gasteiger partial charge in [0, 0.05) is 12.6 Å². The molecular formula is C13H24N2O2. The third-order valence-electron chi connectivity index (χ3n) is 4.29. The number of nitrogens with two attached hydrogens (primary N) is 1. The van der Waals surface area contributed by atoms with Crippen LogP contribution in [-0.2, 0) is 4.79 Å². The van der Waals surface area contributed by atoms with Gasteiger partial charge in [0.25, 0.3) is 0 Å². The molecular weight excluding hydrogens is 216 g/mol. The third kappa shape index (κ3) is 3.42. The Labute approximate surface area is 103 Å². The Morgan fingerprint density at radius 2 is 1.88 bits per heavy atom. The predicted octanol–water partition coefficient (Wildman–Crippen LogP) is 0.781. The molecule has 4 heteroatoms. The van der Waals surface area contributed by atoms with E-state index in [1.54, 1.807) is 0 Å². The first-order chi connectivity index (χ1) is 8.16. The largest absolute Gasteiger partial charge is 0.393 e. The zero-order valence-electron chi connectivity index (χ0n) is 10.4. The zero-order chi connectivity index (χ0) is 12.3. The molecule has 4 N–H and O–H groups in total. The van der Waals surface area contributed by atoms with E-state index in [0.29, 0.717) is 5.92 Å². The first-order valence-electron chi connectivity index (χ1n) is 6.88. The second-order valence-corrected chi connectivity index (χ2v) is 5.62. The summed E-state index contributed by atoms with van der Waals surface area (Å²) >= 11 is 0. The van der Waals surface area contributed by atoms with E-state index in [1.165, 1.54) is 0 Å². The number of carbonyl (C=O) groups is 1. The highest BCUT2D eigenvalue weighted by Gasteiger charge is 2.30. The lowest BCUT2D eigenvalue weighted by Gasteiger charge is -2.26. The normalized spacial score (nSPS) is 38.0. The van der Waals surface area contributed by atoms with Crippen molar-refractivity contribution in [1.29, 1.82) is 0 Å². The maximum absolute atomic E-state index is 11.9. The van der Waals surface area contributed by atoms with Crippen LogP contribution in [0.3, 0.4) is 0 Å². The first-order valence-corrected chi connectivity index (χ1v) is 6.88. The summed E-state index contributed by atoms with van der Waals surface area (Å²) in [5, 5.41) is 12.4. The summed E-state index contributed by atoms with van der Waals surface area (Å²) in [5.41, 5.74) is 5.91.